The molecule has 1 unspecified atom stereocenters. The molecule has 1 aliphatic heterocycles. The molecule has 1 aliphatic rings. The quantitative estimate of drug-likeness (QED) is 0.680. The normalized spacial score (nSPS) is 15.4. The zero-order valence-corrected chi connectivity index (χ0v) is 15.9. The highest BCUT2D eigenvalue weighted by Gasteiger charge is 2.24. The summed E-state index contributed by atoms with van der Waals surface area (Å²) < 4.78 is 5.45. The van der Waals surface area contributed by atoms with Gasteiger partial charge < -0.3 is 4.74 Å². The van der Waals surface area contributed by atoms with Crippen molar-refractivity contribution in [1.82, 2.24) is 4.90 Å². The lowest BCUT2D eigenvalue weighted by molar-refractivity contribution is 0.203. The molecule has 0 spiro atoms. The van der Waals surface area contributed by atoms with Gasteiger partial charge in [0.1, 0.15) is 5.75 Å². The molecule has 0 aliphatic carbocycles. The van der Waals surface area contributed by atoms with Gasteiger partial charge in [0.05, 0.1) is 17.2 Å². The standard InChI is InChI=1S/C20H23Cl2NO/c1-13-8-16-11-23(12-17(16)10-20(13)24-3)14(2)4-5-15-6-7-18(21)19(22)9-15/h6-10,14H,4-5,11-12H2,1-3H3. The second kappa shape index (κ2) is 7.35. The number of halogens is 2. The summed E-state index contributed by atoms with van der Waals surface area (Å²) in [6, 6.07) is 10.9. The van der Waals surface area contributed by atoms with Crippen LogP contribution in [0.1, 0.15) is 35.6 Å². The van der Waals surface area contributed by atoms with Crippen molar-refractivity contribution in [2.75, 3.05) is 7.11 Å². The molecule has 3 rings (SSSR count). The molecule has 2 aromatic carbocycles. The van der Waals surface area contributed by atoms with Crippen molar-refractivity contribution in [1.29, 1.82) is 0 Å². The zero-order chi connectivity index (χ0) is 17.3. The van der Waals surface area contributed by atoms with Gasteiger partial charge in [-0.2, -0.15) is 0 Å². The van der Waals surface area contributed by atoms with Crippen molar-refractivity contribution < 1.29 is 4.74 Å². The van der Waals surface area contributed by atoms with Crippen molar-refractivity contribution in [2.45, 2.75) is 45.8 Å². The van der Waals surface area contributed by atoms with Crippen LogP contribution in [0.2, 0.25) is 10.0 Å². The Hall–Kier alpha value is -1.22. The SMILES string of the molecule is COc1cc2c(cc1C)CN(C(C)CCc1ccc(Cl)c(Cl)c1)C2. The monoisotopic (exact) mass is 363 g/mol. The smallest absolute Gasteiger partial charge is 0.122 e. The maximum Gasteiger partial charge on any atom is 0.122 e. The van der Waals surface area contributed by atoms with Crippen LogP contribution < -0.4 is 4.74 Å². The van der Waals surface area contributed by atoms with Gasteiger partial charge in [-0.05, 0) is 67.1 Å². The van der Waals surface area contributed by atoms with Crippen molar-refractivity contribution >= 4 is 23.2 Å². The molecule has 2 nitrogen and oxygen atoms in total. The zero-order valence-electron chi connectivity index (χ0n) is 14.4. The summed E-state index contributed by atoms with van der Waals surface area (Å²) in [5, 5.41) is 1.26. The maximum absolute atomic E-state index is 6.11. The molecule has 1 atom stereocenters. The molecule has 0 bridgehead atoms. The van der Waals surface area contributed by atoms with E-state index in [0.29, 0.717) is 16.1 Å². The summed E-state index contributed by atoms with van der Waals surface area (Å²) in [5.41, 5.74) is 5.26. The van der Waals surface area contributed by atoms with E-state index in [1.807, 2.05) is 12.1 Å². The van der Waals surface area contributed by atoms with Crippen molar-refractivity contribution in [2.24, 2.45) is 0 Å². The van der Waals surface area contributed by atoms with Gasteiger partial charge >= 0.3 is 0 Å². The van der Waals surface area contributed by atoms with E-state index in [1.165, 1.54) is 22.3 Å². The fraction of sp³-hybridized carbons (Fsp3) is 0.400. The minimum atomic E-state index is 0.512. The molecular formula is C20H23Cl2NO. The number of hydrogen-bond donors (Lipinski definition) is 0. The number of methoxy groups -OCH3 is 1. The van der Waals surface area contributed by atoms with E-state index in [4.69, 9.17) is 27.9 Å². The van der Waals surface area contributed by atoms with Crippen LogP contribution >= 0.6 is 23.2 Å². The molecule has 0 radical (unpaired) electrons. The molecule has 4 heteroatoms. The topological polar surface area (TPSA) is 12.5 Å². The summed E-state index contributed by atoms with van der Waals surface area (Å²) in [5.74, 6) is 0.985. The van der Waals surface area contributed by atoms with Crippen LogP contribution in [-0.2, 0) is 19.5 Å². The van der Waals surface area contributed by atoms with Crippen LogP contribution in [0.3, 0.4) is 0 Å². The summed E-state index contributed by atoms with van der Waals surface area (Å²) in [4.78, 5) is 2.53. The fourth-order valence-electron chi connectivity index (χ4n) is 3.36. The van der Waals surface area contributed by atoms with E-state index in [2.05, 4.69) is 36.9 Å². The molecule has 0 fully saturated rings. The third-order valence-corrected chi connectivity index (χ3v) is 5.66. The van der Waals surface area contributed by atoms with Crippen molar-refractivity contribution in [3.05, 3.63) is 62.6 Å². The van der Waals surface area contributed by atoms with Gasteiger partial charge in [-0.25, -0.2) is 0 Å². The van der Waals surface area contributed by atoms with E-state index >= 15 is 0 Å². The first-order chi connectivity index (χ1) is 11.5. The Balaban J connectivity index is 1.62. The average Bonchev–Trinajstić information content (AvgIpc) is 2.97. The lowest BCUT2D eigenvalue weighted by Gasteiger charge is -2.23. The van der Waals surface area contributed by atoms with Crippen LogP contribution in [0.4, 0.5) is 0 Å². The average molecular weight is 364 g/mol. The van der Waals surface area contributed by atoms with Crippen molar-refractivity contribution in [3.63, 3.8) is 0 Å². The van der Waals surface area contributed by atoms with Gasteiger partial charge in [0, 0.05) is 19.1 Å². The van der Waals surface area contributed by atoms with E-state index in [9.17, 15) is 0 Å². The molecule has 2 aromatic rings. The van der Waals surface area contributed by atoms with Crippen LogP contribution in [0, 0.1) is 6.92 Å². The predicted molar refractivity (Wildman–Crippen MR) is 101 cm³/mol. The Labute approximate surface area is 154 Å². The van der Waals surface area contributed by atoms with Gasteiger partial charge in [0.15, 0.2) is 0 Å². The molecule has 0 N–H and O–H groups in total. The number of nitrogens with zero attached hydrogens (tertiary/aromatic N) is 1. The van der Waals surface area contributed by atoms with E-state index < -0.39 is 0 Å². The Morgan fingerprint density at radius 2 is 1.79 bits per heavy atom. The van der Waals surface area contributed by atoms with E-state index in [1.54, 1.807) is 7.11 Å². The Morgan fingerprint density at radius 3 is 2.46 bits per heavy atom. The molecule has 0 saturated heterocycles. The molecule has 0 aromatic heterocycles. The summed E-state index contributed by atoms with van der Waals surface area (Å²) in [7, 11) is 1.74. The highest BCUT2D eigenvalue weighted by Crippen LogP contribution is 2.31. The van der Waals surface area contributed by atoms with Gasteiger partial charge in [0.25, 0.3) is 0 Å². The number of ether oxygens (including phenoxy) is 1. The first-order valence-electron chi connectivity index (χ1n) is 8.32. The first kappa shape index (κ1) is 17.6. The van der Waals surface area contributed by atoms with E-state index in [0.717, 1.165) is 31.7 Å². The number of rotatable bonds is 5. The van der Waals surface area contributed by atoms with Gasteiger partial charge in [-0.3, -0.25) is 4.90 Å². The summed E-state index contributed by atoms with van der Waals surface area (Å²) >= 11 is 12.1. The Kier molecular flexibility index (Phi) is 5.39. The van der Waals surface area contributed by atoms with Gasteiger partial charge in [-0.1, -0.05) is 35.3 Å². The largest absolute Gasteiger partial charge is 0.496 e. The van der Waals surface area contributed by atoms with Gasteiger partial charge in [0.2, 0.25) is 0 Å². The van der Waals surface area contributed by atoms with E-state index in [-0.39, 0.29) is 0 Å². The highest BCUT2D eigenvalue weighted by molar-refractivity contribution is 6.42. The number of aryl methyl sites for hydroxylation is 2. The molecule has 24 heavy (non-hydrogen) atoms. The molecule has 0 amide bonds. The third kappa shape index (κ3) is 3.72. The summed E-state index contributed by atoms with van der Waals surface area (Å²) in [6.45, 7) is 6.42. The third-order valence-electron chi connectivity index (χ3n) is 4.92. The molecule has 1 heterocycles. The molecule has 128 valence electrons. The van der Waals surface area contributed by atoms with Crippen LogP contribution in [0.15, 0.2) is 30.3 Å². The minimum Gasteiger partial charge on any atom is -0.496 e. The summed E-state index contributed by atoms with van der Waals surface area (Å²) in [6.07, 6.45) is 2.11. The van der Waals surface area contributed by atoms with Crippen LogP contribution in [0.5, 0.6) is 5.75 Å². The fourth-order valence-corrected chi connectivity index (χ4v) is 3.68. The number of fused-ring (bicyclic) bond motifs is 1. The first-order valence-corrected chi connectivity index (χ1v) is 9.08. The van der Waals surface area contributed by atoms with Crippen LogP contribution in [-0.4, -0.2) is 18.1 Å². The molecular weight excluding hydrogens is 341 g/mol. The van der Waals surface area contributed by atoms with Crippen molar-refractivity contribution in [3.8, 4) is 5.75 Å². The Morgan fingerprint density at radius 1 is 1.08 bits per heavy atom. The highest BCUT2D eigenvalue weighted by atomic mass is 35.5. The Bertz CT molecular complexity index is 745. The predicted octanol–water partition coefficient (Wildman–Crippen LogP) is 5.65. The molecule has 0 saturated carbocycles. The van der Waals surface area contributed by atoms with Gasteiger partial charge in [-0.15, -0.1) is 0 Å². The number of hydrogen-bond acceptors (Lipinski definition) is 2. The second-order valence-corrected chi connectivity index (χ2v) is 7.45. The maximum atomic E-state index is 6.11. The number of benzene rings is 2. The lowest BCUT2D eigenvalue weighted by Crippen LogP contribution is -2.28. The van der Waals surface area contributed by atoms with Crippen LogP contribution in [0.25, 0.3) is 0 Å². The minimum absolute atomic E-state index is 0.512. The second-order valence-electron chi connectivity index (χ2n) is 6.63. The lowest BCUT2D eigenvalue weighted by atomic mass is 10.1.